The molecule has 0 aliphatic heterocycles. The smallest absolute Gasteiger partial charge is 0.238 e. The van der Waals surface area contributed by atoms with Crippen molar-refractivity contribution >= 4 is 44.0 Å². The second kappa shape index (κ2) is 4.37. The first-order chi connectivity index (χ1) is 8.66. The Kier molecular flexibility index (Phi) is 2.84. The van der Waals surface area contributed by atoms with Gasteiger partial charge in [-0.05, 0) is 41.1 Å². The Hall–Kier alpha value is -1.39. The lowest BCUT2D eigenvalue weighted by molar-refractivity contribution is 0.101. The van der Waals surface area contributed by atoms with Gasteiger partial charge < -0.3 is 4.42 Å². The second-order valence-electron chi connectivity index (χ2n) is 3.99. The van der Waals surface area contributed by atoms with Crippen molar-refractivity contribution in [3.63, 3.8) is 0 Å². The number of thiophene rings is 1. The molecule has 0 atom stereocenters. The molecule has 0 amide bonds. The third-order valence-electron chi connectivity index (χ3n) is 2.85. The lowest BCUT2D eigenvalue weighted by Gasteiger charge is -1.94. The second-order valence-corrected chi connectivity index (χ2v) is 6.45. The van der Waals surface area contributed by atoms with Crippen molar-refractivity contribution in [3.8, 4) is 0 Å². The van der Waals surface area contributed by atoms with E-state index in [1.807, 2.05) is 43.3 Å². The van der Waals surface area contributed by atoms with E-state index in [2.05, 4.69) is 15.9 Å². The lowest BCUT2D eigenvalue weighted by atomic mass is 10.1. The number of rotatable bonds is 2. The van der Waals surface area contributed by atoms with Crippen LogP contribution in [0.3, 0.4) is 0 Å². The van der Waals surface area contributed by atoms with Crippen LogP contribution in [-0.2, 0) is 0 Å². The van der Waals surface area contributed by atoms with Crippen molar-refractivity contribution in [2.45, 2.75) is 6.92 Å². The fraction of sp³-hybridized carbons (Fsp3) is 0.0714. The number of para-hydroxylation sites is 1. The number of carbonyl (C=O) groups is 1. The van der Waals surface area contributed by atoms with Crippen LogP contribution in [0.2, 0.25) is 0 Å². The summed E-state index contributed by atoms with van der Waals surface area (Å²) >= 11 is 4.78. The van der Waals surface area contributed by atoms with Crippen LogP contribution in [0.1, 0.15) is 21.0 Å². The van der Waals surface area contributed by atoms with Crippen molar-refractivity contribution in [1.29, 1.82) is 0 Å². The predicted molar refractivity (Wildman–Crippen MR) is 76.4 cm³/mol. The third-order valence-corrected chi connectivity index (χ3v) is 4.47. The van der Waals surface area contributed by atoms with Crippen molar-refractivity contribution in [2.24, 2.45) is 0 Å². The van der Waals surface area contributed by atoms with Gasteiger partial charge in [0.15, 0.2) is 5.76 Å². The van der Waals surface area contributed by atoms with Crippen LogP contribution >= 0.6 is 27.3 Å². The van der Waals surface area contributed by atoms with E-state index in [0.29, 0.717) is 10.6 Å². The SMILES string of the molecule is Cc1c(C(=O)c2ccc(Br)s2)oc2ccccc12. The molecule has 0 saturated carbocycles. The van der Waals surface area contributed by atoms with Crippen LogP contribution in [0, 0.1) is 6.92 Å². The molecule has 0 unspecified atom stereocenters. The Bertz CT molecular complexity index is 739. The molecule has 2 aromatic heterocycles. The first-order valence-electron chi connectivity index (χ1n) is 5.45. The van der Waals surface area contributed by atoms with Gasteiger partial charge in [0.2, 0.25) is 5.78 Å². The molecule has 0 fully saturated rings. The quantitative estimate of drug-likeness (QED) is 0.635. The maximum absolute atomic E-state index is 12.3. The highest BCUT2D eigenvalue weighted by atomic mass is 79.9. The Labute approximate surface area is 116 Å². The maximum atomic E-state index is 12.3. The van der Waals surface area contributed by atoms with Crippen LogP contribution in [0.5, 0.6) is 0 Å². The van der Waals surface area contributed by atoms with Crippen LogP contribution in [0.15, 0.2) is 44.6 Å². The highest BCUT2D eigenvalue weighted by Gasteiger charge is 2.20. The molecule has 0 spiro atoms. The molecular formula is C14H9BrO2S. The minimum absolute atomic E-state index is 0.0561. The minimum Gasteiger partial charge on any atom is -0.452 e. The molecule has 0 saturated heterocycles. The van der Waals surface area contributed by atoms with Crippen molar-refractivity contribution in [3.05, 3.63) is 56.4 Å². The first-order valence-corrected chi connectivity index (χ1v) is 7.06. The average Bonchev–Trinajstić information content (AvgIpc) is 2.94. The molecule has 0 bridgehead atoms. The minimum atomic E-state index is -0.0561. The summed E-state index contributed by atoms with van der Waals surface area (Å²) < 4.78 is 6.61. The van der Waals surface area contributed by atoms with Crippen LogP contribution in [0.4, 0.5) is 0 Å². The Morgan fingerprint density at radius 3 is 2.67 bits per heavy atom. The van der Waals surface area contributed by atoms with Crippen molar-refractivity contribution < 1.29 is 9.21 Å². The number of halogens is 1. The molecule has 0 aliphatic carbocycles. The summed E-state index contributed by atoms with van der Waals surface area (Å²) in [6.07, 6.45) is 0. The van der Waals surface area contributed by atoms with E-state index in [1.54, 1.807) is 0 Å². The molecule has 2 heterocycles. The highest BCUT2D eigenvalue weighted by Crippen LogP contribution is 2.30. The maximum Gasteiger partial charge on any atom is 0.238 e. The monoisotopic (exact) mass is 320 g/mol. The Morgan fingerprint density at radius 1 is 1.22 bits per heavy atom. The number of hydrogen-bond acceptors (Lipinski definition) is 3. The van der Waals surface area contributed by atoms with Crippen LogP contribution < -0.4 is 0 Å². The summed E-state index contributed by atoms with van der Waals surface area (Å²) in [4.78, 5) is 13.0. The average molecular weight is 321 g/mol. The van der Waals surface area contributed by atoms with E-state index in [4.69, 9.17) is 4.42 Å². The number of furan rings is 1. The molecule has 3 rings (SSSR count). The van der Waals surface area contributed by atoms with Crippen molar-refractivity contribution in [2.75, 3.05) is 0 Å². The van der Waals surface area contributed by atoms with E-state index in [9.17, 15) is 4.79 Å². The lowest BCUT2D eigenvalue weighted by Crippen LogP contribution is -1.98. The summed E-state index contributed by atoms with van der Waals surface area (Å²) in [5.41, 5.74) is 1.66. The van der Waals surface area contributed by atoms with Gasteiger partial charge in [0.05, 0.1) is 8.66 Å². The number of hydrogen-bond donors (Lipinski definition) is 0. The van der Waals surface area contributed by atoms with E-state index in [0.717, 1.165) is 20.3 Å². The Balaban J connectivity index is 2.14. The van der Waals surface area contributed by atoms with Gasteiger partial charge in [-0.3, -0.25) is 4.79 Å². The number of ketones is 1. The van der Waals surface area contributed by atoms with Gasteiger partial charge in [-0.15, -0.1) is 11.3 Å². The predicted octanol–water partition coefficient (Wildman–Crippen LogP) is 4.80. The number of fused-ring (bicyclic) bond motifs is 1. The molecule has 3 aromatic rings. The fourth-order valence-electron chi connectivity index (χ4n) is 1.94. The van der Waals surface area contributed by atoms with E-state index in [1.165, 1.54) is 11.3 Å². The standard InChI is InChI=1S/C14H9BrO2S/c1-8-9-4-2-3-5-10(9)17-14(8)13(16)11-6-7-12(15)18-11/h2-7H,1H3. The van der Waals surface area contributed by atoms with E-state index < -0.39 is 0 Å². The zero-order valence-electron chi connectivity index (χ0n) is 9.57. The van der Waals surface area contributed by atoms with Gasteiger partial charge in [0.1, 0.15) is 5.58 Å². The molecular weight excluding hydrogens is 312 g/mol. The molecule has 90 valence electrons. The van der Waals surface area contributed by atoms with E-state index in [-0.39, 0.29) is 5.78 Å². The number of carbonyl (C=O) groups excluding carboxylic acids is 1. The Morgan fingerprint density at radius 2 is 2.00 bits per heavy atom. The number of aryl methyl sites for hydroxylation is 1. The summed E-state index contributed by atoms with van der Waals surface area (Å²) in [6.45, 7) is 1.92. The summed E-state index contributed by atoms with van der Waals surface area (Å²) in [7, 11) is 0. The molecule has 1 aromatic carbocycles. The van der Waals surface area contributed by atoms with E-state index >= 15 is 0 Å². The molecule has 0 N–H and O–H groups in total. The molecule has 0 radical (unpaired) electrons. The molecule has 18 heavy (non-hydrogen) atoms. The molecule has 4 heteroatoms. The summed E-state index contributed by atoms with van der Waals surface area (Å²) in [6, 6.07) is 11.4. The topological polar surface area (TPSA) is 30.2 Å². The van der Waals surface area contributed by atoms with Gasteiger partial charge in [0.25, 0.3) is 0 Å². The van der Waals surface area contributed by atoms with Gasteiger partial charge >= 0.3 is 0 Å². The van der Waals surface area contributed by atoms with Crippen molar-refractivity contribution in [1.82, 2.24) is 0 Å². The van der Waals surface area contributed by atoms with Crippen LogP contribution in [-0.4, -0.2) is 5.78 Å². The summed E-state index contributed by atoms with van der Waals surface area (Å²) in [5.74, 6) is 0.380. The highest BCUT2D eigenvalue weighted by molar-refractivity contribution is 9.11. The zero-order chi connectivity index (χ0) is 12.7. The first kappa shape index (κ1) is 11.7. The van der Waals surface area contributed by atoms with Crippen LogP contribution in [0.25, 0.3) is 11.0 Å². The van der Waals surface area contributed by atoms with Gasteiger partial charge in [-0.25, -0.2) is 0 Å². The summed E-state index contributed by atoms with van der Waals surface area (Å²) in [5, 5.41) is 0.997. The zero-order valence-corrected chi connectivity index (χ0v) is 12.0. The largest absolute Gasteiger partial charge is 0.452 e. The molecule has 2 nitrogen and oxygen atoms in total. The van der Waals surface area contributed by atoms with Gasteiger partial charge in [-0.1, -0.05) is 18.2 Å². The van der Waals surface area contributed by atoms with Gasteiger partial charge in [-0.2, -0.15) is 0 Å². The fourth-order valence-corrected chi connectivity index (χ4v) is 3.26. The van der Waals surface area contributed by atoms with Gasteiger partial charge in [0, 0.05) is 10.9 Å². The number of benzene rings is 1. The third kappa shape index (κ3) is 1.82. The molecule has 0 aliphatic rings. The normalized spacial score (nSPS) is 11.0.